The van der Waals surface area contributed by atoms with E-state index in [0.29, 0.717) is 16.3 Å². The molecule has 0 amide bonds. The van der Waals surface area contributed by atoms with E-state index < -0.39 is 28.1 Å². The summed E-state index contributed by atoms with van der Waals surface area (Å²) in [6.07, 6.45) is 0. The van der Waals surface area contributed by atoms with Gasteiger partial charge in [-0.25, -0.2) is 4.79 Å². The molecule has 6 heteroatoms. The summed E-state index contributed by atoms with van der Waals surface area (Å²) in [6.45, 7) is 8.78. The lowest BCUT2D eigenvalue weighted by Crippen LogP contribution is -2.70. The van der Waals surface area contributed by atoms with Crippen LogP contribution in [-0.2, 0) is 9.53 Å². The van der Waals surface area contributed by atoms with Crippen LogP contribution in [-0.4, -0.2) is 22.7 Å². The first kappa shape index (κ1) is 17.4. The molecule has 2 N–H and O–H groups in total. The molecule has 0 radical (unpaired) electrons. The summed E-state index contributed by atoms with van der Waals surface area (Å²) in [5.41, 5.74) is 3.75. The van der Waals surface area contributed by atoms with Gasteiger partial charge in [-0.2, -0.15) is 0 Å². The van der Waals surface area contributed by atoms with Gasteiger partial charge in [0.2, 0.25) is 0 Å². The number of alkyl halides is 1. The van der Waals surface area contributed by atoms with Gasteiger partial charge in [-0.3, -0.25) is 0 Å². The Bertz CT molecular complexity index is 610. The second kappa shape index (κ2) is 5.29. The van der Waals surface area contributed by atoms with Crippen molar-refractivity contribution in [2.45, 2.75) is 56.7 Å². The third-order valence-corrected chi connectivity index (χ3v) is 4.56. The number of benzene rings is 1. The first-order chi connectivity index (χ1) is 9.88. The van der Waals surface area contributed by atoms with Crippen molar-refractivity contribution in [3.05, 3.63) is 28.8 Å². The Morgan fingerprint density at radius 1 is 1.36 bits per heavy atom. The zero-order valence-corrected chi connectivity index (χ0v) is 14.9. The van der Waals surface area contributed by atoms with E-state index >= 15 is 0 Å². The molecule has 0 fully saturated rings. The van der Waals surface area contributed by atoms with E-state index in [1.807, 2.05) is 0 Å². The molecule has 1 aromatic rings. The van der Waals surface area contributed by atoms with Crippen LogP contribution < -0.4 is 10.5 Å². The molecule has 0 saturated heterocycles. The van der Waals surface area contributed by atoms with Crippen LogP contribution >= 0.6 is 23.2 Å². The van der Waals surface area contributed by atoms with Crippen LogP contribution in [0.3, 0.4) is 0 Å². The highest BCUT2D eigenvalue weighted by Crippen LogP contribution is 2.49. The number of rotatable bonds is 1. The van der Waals surface area contributed by atoms with E-state index in [1.54, 1.807) is 52.8 Å². The average Bonchev–Trinajstić information content (AvgIpc) is 2.35. The lowest BCUT2D eigenvalue weighted by Gasteiger charge is -2.49. The summed E-state index contributed by atoms with van der Waals surface area (Å²) in [7, 11) is 0. The molecular formula is C16H21Cl2NO3. The average molecular weight is 346 g/mol. The summed E-state index contributed by atoms with van der Waals surface area (Å²) in [5.74, 6) is -0.0327. The quantitative estimate of drug-likeness (QED) is 0.620. The first-order valence-corrected chi connectivity index (χ1v) is 7.85. The molecule has 2 atom stereocenters. The monoisotopic (exact) mass is 345 g/mol. The molecular weight excluding hydrogens is 325 g/mol. The van der Waals surface area contributed by atoms with Gasteiger partial charge in [-0.15, -0.1) is 11.6 Å². The normalized spacial score (nSPS) is 26.8. The van der Waals surface area contributed by atoms with Crippen LogP contribution in [0.4, 0.5) is 0 Å². The van der Waals surface area contributed by atoms with Crippen molar-refractivity contribution < 1.29 is 14.3 Å². The molecule has 2 rings (SSSR count). The standard InChI is InChI=1S/C16H21Cl2NO3/c1-14(2,3)22-13(20)16(19)12(18)10-8-9(17)6-7-11(10)21-15(16,4)5/h6-8,12H,19H2,1-5H3. The molecule has 1 heterocycles. The molecule has 1 aromatic carbocycles. The number of halogens is 2. The van der Waals surface area contributed by atoms with E-state index in [9.17, 15) is 4.79 Å². The molecule has 0 saturated carbocycles. The predicted octanol–water partition coefficient (Wildman–Crippen LogP) is 3.83. The Kier molecular flexibility index (Phi) is 4.18. The Hall–Kier alpha value is -0.970. The second-order valence-electron chi connectivity index (χ2n) is 7.03. The molecule has 122 valence electrons. The van der Waals surface area contributed by atoms with Gasteiger partial charge in [0.05, 0.1) is 5.38 Å². The third-order valence-electron chi connectivity index (χ3n) is 3.74. The maximum Gasteiger partial charge on any atom is 0.332 e. The number of fused-ring (bicyclic) bond motifs is 1. The molecule has 22 heavy (non-hydrogen) atoms. The van der Waals surface area contributed by atoms with Crippen LogP contribution in [0.25, 0.3) is 0 Å². The highest BCUT2D eigenvalue weighted by molar-refractivity contribution is 6.31. The van der Waals surface area contributed by atoms with Crippen molar-refractivity contribution in [3.63, 3.8) is 0 Å². The molecule has 1 aliphatic rings. The molecule has 4 nitrogen and oxygen atoms in total. The van der Waals surface area contributed by atoms with Gasteiger partial charge in [0, 0.05) is 10.6 Å². The van der Waals surface area contributed by atoms with Crippen molar-refractivity contribution in [2.24, 2.45) is 5.73 Å². The highest BCUT2D eigenvalue weighted by atomic mass is 35.5. The SMILES string of the molecule is CC(C)(C)OC(=O)C1(N)C(Cl)c2cc(Cl)ccc2OC1(C)C. The Balaban J connectivity index is 2.52. The number of ether oxygens (including phenoxy) is 2. The van der Waals surface area contributed by atoms with Gasteiger partial charge in [-0.1, -0.05) is 11.6 Å². The fraction of sp³-hybridized carbons (Fsp3) is 0.562. The minimum atomic E-state index is -1.54. The van der Waals surface area contributed by atoms with Gasteiger partial charge < -0.3 is 15.2 Å². The van der Waals surface area contributed by atoms with Crippen molar-refractivity contribution in [1.29, 1.82) is 0 Å². The minimum absolute atomic E-state index is 0.499. The van der Waals surface area contributed by atoms with Crippen molar-refractivity contribution in [3.8, 4) is 5.75 Å². The number of hydrogen-bond donors (Lipinski definition) is 1. The zero-order valence-electron chi connectivity index (χ0n) is 13.4. The molecule has 0 aliphatic carbocycles. The van der Waals surface area contributed by atoms with Gasteiger partial charge >= 0.3 is 5.97 Å². The summed E-state index contributed by atoms with van der Waals surface area (Å²) >= 11 is 12.6. The number of carbonyl (C=O) groups is 1. The molecule has 2 unspecified atom stereocenters. The van der Waals surface area contributed by atoms with Crippen molar-refractivity contribution >= 4 is 29.2 Å². The van der Waals surface area contributed by atoms with Crippen LogP contribution in [0.1, 0.15) is 45.6 Å². The topological polar surface area (TPSA) is 61.5 Å². The van der Waals surface area contributed by atoms with E-state index in [-0.39, 0.29) is 0 Å². The number of nitrogens with two attached hydrogens (primary N) is 1. The lowest BCUT2D eigenvalue weighted by atomic mass is 9.75. The Morgan fingerprint density at radius 3 is 2.50 bits per heavy atom. The molecule has 0 bridgehead atoms. The van der Waals surface area contributed by atoms with Gasteiger partial charge in [0.15, 0.2) is 5.54 Å². The molecule has 0 spiro atoms. The summed E-state index contributed by atoms with van der Waals surface area (Å²) in [5, 5.41) is -0.320. The van der Waals surface area contributed by atoms with Crippen molar-refractivity contribution in [2.75, 3.05) is 0 Å². The fourth-order valence-electron chi connectivity index (χ4n) is 2.43. The van der Waals surface area contributed by atoms with Gasteiger partial charge in [-0.05, 0) is 52.8 Å². The Morgan fingerprint density at radius 2 is 1.95 bits per heavy atom. The number of esters is 1. The summed E-state index contributed by atoms with van der Waals surface area (Å²) in [4.78, 5) is 12.7. The summed E-state index contributed by atoms with van der Waals surface area (Å²) < 4.78 is 11.4. The van der Waals surface area contributed by atoms with Crippen LogP contribution in [0.15, 0.2) is 18.2 Å². The van der Waals surface area contributed by atoms with E-state index in [1.165, 1.54) is 0 Å². The zero-order chi connectivity index (χ0) is 16.9. The maximum absolute atomic E-state index is 12.7. The van der Waals surface area contributed by atoms with E-state index in [0.717, 1.165) is 0 Å². The first-order valence-electron chi connectivity index (χ1n) is 7.03. The predicted molar refractivity (Wildman–Crippen MR) is 87.5 cm³/mol. The number of carbonyl (C=O) groups excluding carboxylic acids is 1. The van der Waals surface area contributed by atoms with Crippen molar-refractivity contribution in [1.82, 2.24) is 0 Å². The van der Waals surface area contributed by atoms with Crippen LogP contribution in [0.2, 0.25) is 5.02 Å². The fourth-order valence-corrected chi connectivity index (χ4v) is 3.13. The van der Waals surface area contributed by atoms with Crippen LogP contribution in [0, 0.1) is 0 Å². The molecule has 1 aliphatic heterocycles. The second-order valence-corrected chi connectivity index (χ2v) is 7.90. The molecule has 0 aromatic heterocycles. The summed E-state index contributed by atoms with van der Waals surface area (Å²) in [6, 6.07) is 5.09. The van der Waals surface area contributed by atoms with Gasteiger partial charge in [0.1, 0.15) is 17.0 Å². The third kappa shape index (κ3) is 2.80. The lowest BCUT2D eigenvalue weighted by molar-refractivity contribution is -0.171. The smallest absolute Gasteiger partial charge is 0.332 e. The van der Waals surface area contributed by atoms with E-state index in [2.05, 4.69) is 0 Å². The van der Waals surface area contributed by atoms with Gasteiger partial charge in [0.25, 0.3) is 0 Å². The van der Waals surface area contributed by atoms with Crippen LogP contribution in [0.5, 0.6) is 5.75 Å². The Labute approximate surface area is 140 Å². The highest BCUT2D eigenvalue weighted by Gasteiger charge is 2.60. The largest absolute Gasteiger partial charge is 0.485 e. The number of hydrogen-bond acceptors (Lipinski definition) is 4. The van der Waals surface area contributed by atoms with E-state index in [4.69, 9.17) is 38.4 Å². The minimum Gasteiger partial charge on any atom is -0.485 e. The maximum atomic E-state index is 12.7.